The molecule has 0 bridgehead atoms. The Morgan fingerprint density at radius 2 is 2.07 bits per heavy atom. The van der Waals surface area contributed by atoms with E-state index >= 15 is 0 Å². The molecule has 5 nitrogen and oxygen atoms in total. The predicted molar refractivity (Wildman–Crippen MR) is 61.0 cm³/mol. The molecule has 0 aliphatic rings. The van der Waals surface area contributed by atoms with Gasteiger partial charge in [-0.2, -0.15) is 0 Å². The smallest absolute Gasteiger partial charge is 0.139 e. The maximum Gasteiger partial charge on any atom is 0.139 e. The number of oxime groups is 1. The number of hydrogen-bond acceptors (Lipinski definition) is 4. The van der Waals surface area contributed by atoms with Crippen LogP contribution in [0.5, 0.6) is 0 Å². The van der Waals surface area contributed by atoms with Gasteiger partial charge in [0.15, 0.2) is 0 Å². The summed E-state index contributed by atoms with van der Waals surface area (Å²) in [7, 11) is 0. The molecule has 0 spiro atoms. The zero-order chi connectivity index (χ0) is 11.7. The topological polar surface area (TPSA) is 90.9 Å². The molecule has 0 aromatic carbocycles. The van der Waals surface area contributed by atoms with E-state index in [0.29, 0.717) is 13.0 Å². The highest BCUT2D eigenvalue weighted by Gasteiger charge is 2.07. The van der Waals surface area contributed by atoms with E-state index in [1.807, 2.05) is 13.8 Å². The molecule has 5 heteroatoms. The summed E-state index contributed by atoms with van der Waals surface area (Å²) >= 11 is 0. The van der Waals surface area contributed by atoms with Crippen molar-refractivity contribution in [1.82, 2.24) is 5.32 Å². The molecule has 0 aliphatic heterocycles. The van der Waals surface area contributed by atoms with Crippen molar-refractivity contribution in [3.63, 3.8) is 0 Å². The molecular formula is C10H23N3O2. The summed E-state index contributed by atoms with van der Waals surface area (Å²) in [6.45, 7) is 5.46. The first kappa shape index (κ1) is 14.2. The average molecular weight is 217 g/mol. The summed E-state index contributed by atoms with van der Waals surface area (Å²) in [5, 5.41) is 23.8. The molecule has 1 atom stereocenters. The first-order valence-electron chi connectivity index (χ1n) is 5.43. The number of rotatable bonds is 8. The van der Waals surface area contributed by atoms with E-state index in [-0.39, 0.29) is 17.9 Å². The van der Waals surface area contributed by atoms with E-state index in [9.17, 15) is 5.11 Å². The number of amidine groups is 1. The third kappa shape index (κ3) is 8.20. The Kier molecular flexibility index (Phi) is 8.04. The lowest BCUT2D eigenvalue weighted by Crippen LogP contribution is -2.31. The van der Waals surface area contributed by atoms with Crippen LogP contribution >= 0.6 is 0 Å². The number of unbranched alkanes of at least 4 members (excludes halogenated alkanes) is 1. The minimum atomic E-state index is -0.283. The Morgan fingerprint density at radius 1 is 1.40 bits per heavy atom. The lowest BCUT2D eigenvalue weighted by atomic mass is 10.1. The quantitative estimate of drug-likeness (QED) is 0.157. The summed E-state index contributed by atoms with van der Waals surface area (Å²) in [5.74, 6) is 0.562. The van der Waals surface area contributed by atoms with Gasteiger partial charge in [-0.05, 0) is 25.3 Å². The third-order valence-corrected chi connectivity index (χ3v) is 2.29. The molecule has 5 N–H and O–H groups in total. The van der Waals surface area contributed by atoms with Crippen molar-refractivity contribution >= 4 is 5.84 Å². The van der Waals surface area contributed by atoms with Crippen molar-refractivity contribution in [3.05, 3.63) is 0 Å². The summed E-state index contributed by atoms with van der Waals surface area (Å²) in [5.41, 5.74) is 5.32. The second-order valence-electron chi connectivity index (χ2n) is 4.06. The molecule has 0 aromatic rings. The second kappa shape index (κ2) is 8.49. The van der Waals surface area contributed by atoms with Crippen molar-refractivity contribution < 1.29 is 10.3 Å². The van der Waals surface area contributed by atoms with Crippen LogP contribution in [0.4, 0.5) is 0 Å². The van der Waals surface area contributed by atoms with Crippen LogP contribution in [0.3, 0.4) is 0 Å². The summed E-state index contributed by atoms with van der Waals surface area (Å²) in [4.78, 5) is 0. The van der Waals surface area contributed by atoms with Crippen LogP contribution in [0.2, 0.25) is 0 Å². The monoisotopic (exact) mass is 217 g/mol. The zero-order valence-corrected chi connectivity index (χ0v) is 9.61. The van der Waals surface area contributed by atoms with Gasteiger partial charge in [-0.1, -0.05) is 19.0 Å². The molecule has 0 aliphatic carbocycles. The maximum atomic E-state index is 9.47. The molecule has 0 amide bonds. The Morgan fingerprint density at radius 3 is 2.60 bits per heavy atom. The molecular weight excluding hydrogens is 194 g/mol. The number of aliphatic hydroxyl groups excluding tert-OH is 1. The third-order valence-electron chi connectivity index (χ3n) is 2.29. The standard InChI is InChI=1S/C10H23N3O2/c1-8(2)9(14)7-12-6-4-3-5-10(11)13-15/h8-9,12,14-15H,3-7H2,1-2H3,(H2,11,13). The fourth-order valence-electron chi connectivity index (χ4n) is 1.09. The van der Waals surface area contributed by atoms with Gasteiger partial charge in [0.1, 0.15) is 5.84 Å². The van der Waals surface area contributed by atoms with Gasteiger partial charge in [0.25, 0.3) is 0 Å². The van der Waals surface area contributed by atoms with E-state index in [4.69, 9.17) is 10.9 Å². The van der Waals surface area contributed by atoms with Gasteiger partial charge in [0, 0.05) is 13.0 Å². The van der Waals surface area contributed by atoms with Crippen molar-refractivity contribution in [2.75, 3.05) is 13.1 Å². The van der Waals surface area contributed by atoms with E-state index in [1.165, 1.54) is 0 Å². The molecule has 90 valence electrons. The van der Waals surface area contributed by atoms with E-state index in [2.05, 4.69) is 10.5 Å². The van der Waals surface area contributed by atoms with Crippen LogP contribution in [0, 0.1) is 5.92 Å². The summed E-state index contributed by atoms with van der Waals surface area (Å²) in [6, 6.07) is 0. The van der Waals surface area contributed by atoms with Gasteiger partial charge in [-0.25, -0.2) is 0 Å². The minimum Gasteiger partial charge on any atom is -0.409 e. The normalized spacial score (nSPS) is 14.5. The van der Waals surface area contributed by atoms with Crippen LogP contribution in [0.15, 0.2) is 5.16 Å². The van der Waals surface area contributed by atoms with Crippen LogP contribution in [0.1, 0.15) is 33.1 Å². The molecule has 0 radical (unpaired) electrons. The van der Waals surface area contributed by atoms with Crippen molar-refractivity contribution in [2.45, 2.75) is 39.2 Å². The van der Waals surface area contributed by atoms with Gasteiger partial charge < -0.3 is 21.4 Å². The van der Waals surface area contributed by atoms with Crippen LogP contribution in [-0.4, -0.2) is 35.3 Å². The van der Waals surface area contributed by atoms with Gasteiger partial charge in [0.2, 0.25) is 0 Å². The Labute approximate surface area is 91.4 Å². The van der Waals surface area contributed by atoms with Gasteiger partial charge in [-0.15, -0.1) is 0 Å². The SMILES string of the molecule is CC(C)C(O)CNCCCCC(N)=NO. The van der Waals surface area contributed by atoms with Crippen molar-refractivity contribution in [1.29, 1.82) is 0 Å². The number of aliphatic hydroxyl groups is 1. The number of nitrogens with two attached hydrogens (primary N) is 1. The second-order valence-corrected chi connectivity index (χ2v) is 4.06. The van der Waals surface area contributed by atoms with E-state index in [1.54, 1.807) is 0 Å². The minimum absolute atomic E-state index is 0.275. The highest BCUT2D eigenvalue weighted by Crippen LogP contribution is 1.99. The van der Waals surface area contributed by atoms with Gasteiger partial charge in [-0.3, -0.25) is 0 Å². The zero-order valence-electron chi connectivity index (χ0n) is 9.61. The average Bonchev–Trinajstić information content (AvgIpc) is 2.22. The van der Waals surface area contributed by atoms with Crippen LogP contribution < -0.4 is 11.1 Å². The predicted octanol–water partition coefficient (Wildman–Crippen LogP) is 0.510. The number of hydrogen-bond donors (Lipinski definition) is 4. The number of nitrogens with zero attached hydrogens (tertiary/aromatic N) is 1. The first-order chi connectivity index (χ1) is 7.07. The summed E-state index contributed by atoms with van der Waals surface area (Å²) < 4.78 is 0. The largest absolute Gasteiger partial charge is 0.409 e. The fraction of sp³-hybridized carbons (Fsp3) is 0.900. The Hall–Kier alpha value is -0.810. The van der Waals surface area contributed by atoms with Crippen molar-refractivity contribution in [3.8, 4) is 0 Å². The molecule has 0 aromatic heterocycles. The Balaban J connectivity index is 3.25. The Bertz CT molecular complexity index is 184. The molecule has 0 rings (SSSR count). The van der Waals surface area contributed by atoms with Crippen molar-refractivity contribution in [2.24, 2.45) is 16.8 Å². The van der Waals surface area contributed by atoms with E-state index in [0.717, 1.165) is 19.4 Å². The first-order valence-corrected chi connectivity index (χ1v) is 5.43. The maximum absolute atomic E-state index is 9.47. The lowest BCUT2D eigenvalue weighted by Gasteiger charge is -2.14. The van der Waals surface area contributed by atoms with E-state index < -0.39 is 0 Å². The van der Waals surface area contributed by atoms with Gasteiger partial charge >= 0.3 is 0 Å². The van der Waals surface area contributed by atoms with Crippen LogP contribution in [-0.2, 0) is 0 Å². The highest BCUT2D eigenvalue weighted by molar-refractivity contribution is 5.79. The molecule has 0 saturated carbocycles. The fourth-order valence-corrected chi connectivity index (χ4v) is 1.09. The molecule has 1 unspecified atom stereocenters. The molecule has 0 saturated heterocycles. The molecule has 15 heavy (non-hydrogen) atoms. The molecule has 0 fully saturated rings. The molecule has 0 heterocycles. The summed E-state index contributed by atoms with van der Waals surface area (Å²) in [6.07, 6.45) is 2.18. The van der Waals surface area contributed by atoms with Gasteiger partial charge in [0.05, 0.1) is 6.10 Å². The highest BCUT2D eigenvalue weighted by atomic mass is 16.4. The van der Waals surface area contributed by atoms with Crippen LogP contribution in [0.25, 0.3) is 0 Å². The lowest BCUT2D eigenvalue weighted by molar-refractivity contribution is 0.124. The number of nitrogens with one attached hydrogen (secondary N) is 1.